The molecule has 0 aliphatic carbocycles. The summed E-state index contributed by atoms with van der Waals surface area (Å²) in [5.74, 6) is 1.80. The fraction of sp³-hybridized carbons (Fsp3) is 0.250. The Bertz CT molecular complexity index is 861. The van der Waals surface area contributed by atoms with E-state index in [1.54, 1.807) is 0 Å². The summed E-state index contributed by atoms with van der Waals surface area (Å²) < 4.78 is 12.0. The lowest BCUT2D eigenvalue weighted by Crippen LogP contribution is -2.23. The van der Waals surface area contributed by atoms with Gasteiger partial charge in [-0.2, -0.15) is 0 Å². The van der Waals surface area contributed by atoms with Crippen molar-refractivity contribution in [3.63, 3.8) is 0 Å². The first-order chi connectivity index (χ1) is 13.1. The van der Waals surface area contributed by atoms with Crippen LogP contribution >= 0.6 is 0 Å². The highest BCUT2D eigenvalue weighted by Gasteiger charge is 2.07. The van der Waals surface area contributed by atoms with E-state index in [1.807, 2.05) is 42.5 Å². The fourth-order valence-electron chi connectivity index (χ4n) is 2.79. The molecule has 3 heteroatoms. The lowest BCUT2D eigenvalue weighted by molar-refractivity contribution is 0.233. The highest BCUT2D eigenvalue weighted by molar-refractivity contribution is 5.48. The normalized spacial score (nSPS) is 11.7. The maximum absolute atomic E-state index is 6.09. The van der Waals surface area contributed by atoms with Crippen LogP contribution < -0.4 is 14.8 Å². The van der Waals surface area contributed by atoms with Gasteiger partial charge in [0.15, 0.2) is 0 Å². The molecule has 0 amide bonds. The van der Waals surface area contributed by atoms with E-state index < -0.39 is 0 Å². The van der Waals surface area contributed by atoms with Gasteiger partial charge in [0.1, 0.15) is 24.2 Å². The second kappa shape index (κ2) is 9.13. The Balaban J connectivity index is 1.52. The molecule has 1 N–H and O–H groups in total. The summed E-state index contributed by atoms with van der Waals surface area (Å²) in [4.78, 5) is 0. The average Bonchev–Trinajstić information content (AvgIpc) is 2.69. The second-order valence-electron chi connectivity index (χ2n) is 6.88. The van der Waals surface area contributed by atoms with Gasteiger partial charge in [-0.25, -0.2) is 0 Å². The molecule has 0 bridgehead atoms. The molecule has 140 valence electrons. The van der Waals surface area contributed by atoms with E-state index >= 15 is 0 Å². The molecule has 3 aromatic rings. The van der Waals surface area contributed by atoms with Gasteiger partial charge in [-0.15, -0.1) is 0 Å². The van der Waals surface area contributed by atoms with E-state index in [2.05, 4.69) is 56.4 Å². The largest absolute Gasteiger partial charge is 0.489 e. The van der Waals surface area contributed by atoms with Gasteiger partial charge < -0.3 is 14.8 Å². The molecule has 0 heterocycles. The Morgan fingerprint density at radius 3 is 2.52 bits per heavy atom. The lowest BCUT2D eigenvalue weighted by Gasteiger charge is -2.18. The second-order valence-corrected chi connectivity index (χ2v) is 6.88. The minimum Gasteiger partial charge on any atom is -0.489 e. The van der Waals surface area contributed by atoms with Gasteiger partial charge in [0.2, 0.25) is 0 Å². The fourth-order valence-corrected chi connectivity index (χ4v) is 2.79. The van der Waals surface area contributed by atoms with Gasteiger partial charge in [-0.3, -0.25) is 0 Å². The first-order valence-electron chi connectivity index (χ1n) is 9.35. The summed E-state index contributed by atoms with van der Waals surface area (Å²) in [6.07, 6.45) is 0.0550. The molecule has 3 rings (SSSR count). The van der Waals surface area contributed by atoms with Crippen LogP contribution in [0.1, 0.15) is 23.6 Å². The molecule has 0 radical (unpaired) electrons. The molecule has 0 fully saturated rings. The number of nitrogens with one attached hydrogen (secondary N) is 1. The molecular formula is C24H27NO2. The number of rotatable bonds is 8. The van der Waals surface area contributed by atoms with Crippen molar-refractivity contribution in [2.24, 2.45) is 0 Å². The smallest absolute Gasteiger partial charge is 0.122 e. The standard InChI is InChI=1S/C24H27NO2/c1-18-12-13-19(2)24(14-18)27-20(3)16-25-22-10-7-11-23(15-22)26-17-21-8-5-4-6-9-21/h4-15,20,25H,16-17H2,1-3H3/t20-/m0/s1. The minimum atomic E-state index is 0.0550. The third kappa shape index (κ3) is 5.78. The third-order valence-corrected chi connectivity index (χ3v) is 4.35. The third-order valence-electron chi connectivity index (χ3n) is 4.35. The number of hydrogen-bond donors (Lipinski definition) is 1. The van der Waals surface area contributed by atoms with E-state index in [4.69, 9.17) is 9.47 Å². The number of anilines is 1. The molecule has 3 aromatic carbocycles. The zero-order chi connectivity index (χ0) is 19.1. The van der Waals surface area contributed by atoms with Gasteiger partial charge in [-0.05, 0) is 55.7 Å². The minimum absolute atomic E-state index is 0.0550. The van der Waals surface area contributed by atoms with Crippen LogP contribution in [0.5, 0.6) is 11.5 Å². The topological polar surface area (TPSA) is 30.5 Å². The van der Waals surface area contributed by atoms with Crippen molar-refractivity contribution in [3.8, 4) is 11.5 Å². The monoisotopic (exact) mass is 361 g/mol. The van der Waals surface area contributed by atoms with Crippen LogP contribution in [-0.4, -0.2) is 12.6 Å². The SMILES string of the molecule is Cc1ccc(C)c(O[C@@H](C)CNc2cccc(OCc3ccccc3)c2)c1. The lowest BCUT2D eigenvalue weighted by atomic mass is 10.1. The molecule has 0 unspecified atom stereocenters. The number of ether oxygens (including phenoxy) is 2. The summed E-state index contributed by atoms with van der Waals surface area (Å²) in [5.41, 5.74) is 4.55. The van der Waals surface area contributed by atoms with Crippen molar-refractivity contribution < 1.29 is 9.47 Å². The Hall–Kier alpha value is -2.94. The van der Waals surface area contributed by atoms with Crippen LogP contribution in [0.25, 0.3) is 0 Å². The van der Waals surface area contributed by atoms with Gasteiger partial charge in [0, 0.05) is 11.8 Å². The predicted molar refractivity (Wildman–Crippen MR) is 112 cm³/mol. The highest BCUT2D eigenvalue weighted by atomic mass is 16.5. The first kappa shape index (κ1) is 18.8. The summed E-state index contributed by atoms with van der Waals surface area (Å²) in [6, 6.07) is 24.5. The summed E-state index contributed by atoms with van der Waals surface area (Å²) >= 11 is 0. The van der Waals surface area contributed by atoms with Gasteiger partial charge in [0.05, 0.1) is 6.54 Å². The van der Waals surface area contributed by atoms with Crippen molar-refractivity contribution >= 4 is 5.69 Å². The maximum Gasteiger partial charge on any atom is 0.122 e. The van der Waals surface area contributed by atoms with E-state index in [0.29, 0.717) is 6.61 Å². The highest BCUT2D eigenvalue weighted by Crippen LogP contribution is 2.22. The molecule has 0 aliphatic heterocycles. The van der Waals surface area contributed by atoms with Crippen molar-refractivity contribution in [1.82, 2.24) is 0 Å². The van der Waals surface area contributed by atoms with E-state index in [1.165, 1.54) is 5.56 Å². The summed E-state index contributed by atoms with van der Waals surface area (Å²) in [7, 11) is 0. The number of aryl methyl sites for hydroxylation is 2. The van der Waals surface area contributed by atoms with Gasteiger partial charge in [-0.1, -0.05) is 48.5 Å². The quantitative estimate of drug-likeness (QED) is 0.553. The van der Waals surface area contributed by atoms with Crippen molar-refractivity contribution in [1.29, 1.82) is 0 Å². The van der Waals surface area contributed by atoms with Crippen molar-refractivity contribution in [2.75, 3.05) is 11.9 Å². The summed E-state index contributed by atoms with van der Waals surface area (Å²) in [6.45, 7) is 7.51. The molecule has 0 aromatic heterocycles. The average molecular weight is 361 g/mol. The van der Waals surface area contributed by atoms with Gasteiger partial charge >= 0.3 is 0 Å². The number of benzene rings is 3. The molecule has 3 nitrogen and oxygen atoms in total. The van der Waals surface area contributed by atoms with Gasteiger partial charge in [0.25, 0.3) is 0 Å². The van der Waals surface area contributed by atoms with Crippen molar-refractivity contribution in [3.05, 3.63) is 89.5 Å². The van der Waals surface area contributed by atoms with E-state index in [0.717, 1.165) is 34.9 Å². The Labute approximate surface area is 162 Å². The van der Waals surface area contributed by atoms with Crippen LogP contribution in [0.2, 0.25) is 0 Å². The maximum atomic E-state index is 6.09. The summed E-state index contributed by atoms with van der Waals surface area (Å²) in [5, 5.41) is 3.43. The predicted octanol–water partition coefficient (Wildman–Crippen LogP) is 5.76. The molecule has 27 heavy (non-hydrogen) atoms. The first-order valence-corrected chi connectivity index (χ1v) is 9.35. The van der Waals surface area contributed by atoms with Crippen LogP contribution in [0.15, 0.2) is 72.8 Å². The Morgan fingerprint density at radius 2 is 1.70 bits per heavy atom. The van der Waals surface area contributed by atoms with E-state index in [9.17, 15) is 0 Å². The molecule has 0 aliphatic rings. The van der Waals surface area contributed by atoms with Crippen LogP contribution in [0.4, 0.5) is 5.69 Å². The Morgan fingerprint density at radius 1 is 0.889 bits per heavy atom. The van der Waals surface area contributed by atoms with Crippen LogP contribution in [0, 0.1) is 13.8 Å². The van der Waals surface area contributed by atoms with Crippen LogP contribution in [0.3, 0.4) is 0 Å². The number of hydrogen-bond acceptors (Lipinski definition) is 3. The van der Waals surface area contributed by atoms with E-state index in [-0.39, 0.29) is 6.10 Å². The zero-order valence-electron chi connectivity index (χ0n) is 16.2. The van der Waals surface area contributed by atoms with Crippen LogP contribution in [-0.2, 0) is 6.61 Å². The molecular weight excluding hydrogens is 334 g/mol. The molecule has 0 saturated carbocycles. The molecule has 1 atom stereocenters. The Kier molecular flexibility index (Phi) is 6.37. The van der Waals surface area contributed by atoms with Crippen molar-refractivity contribution in [2.45, 2.75) is 33.5 Å². The molecule has 0 saturated heterocycles. The molecule has 0 spiro atoms. The zero-order valence-corrected chi connectivity index (χ0v) is 16.2.